The highest BCUT2D eigenvalue weighted by atomic mass is 16.5. The van der Waals surface area contributed by atoms with Crippen molar-refractivity contribution in [3.05, 3.63) is 0 Å². The summed E-state index contributed by atoms with van der Waals surface area (Å²) < 4.78 is 4.95. The zero-order valence-corrected chi connectivity index (χ0v) is 12.2. The molecule has 1 fully saturated rings. The van der Waals surface area contributed by atoms with Crippen LogP contribution in [0, 0.1) is 11.8 Å². The van der Waals surface area contributed by atoms with E-state index in [-0.39, 0.29) is 11.9 Å². The topological polar surface area (TPSA) is 50.4 Å². The van der Waals surface area contributed by atoms with Crippen LogP contribution in [0.4, 0.5) is 0 Å². The van der Waals surface area contributed by atoms with Crippen LogP contribution in [-0.4, -0.2) is 38.3 Å². The van der Waals surface area contributed by atoms with E-state index in [1.165, 1.54) is 12.8 Å². The van der Waals surface area contributed by atoms with Crippen molar-refractivity contribution >= 4 is 5.91 Å². The van der Waals surface area contributed by atoms with Gasteiger partial charge in [0, 0.05) is 26.3 Å². The molecule has 0 radical (unpaired) electrons. The molecule has 4 atom stereocenters. The number of nitrogens with one attached hydrogen (secondary N) is 2. The van der Waals surface area contributed by atoms with Crippen molar-refractivity contribution in [1.29, 1.82) is 0 Å². The molecule has 0 aromatic carbocycles. The first-order chi connectivity index (χ1) is 8.56. The van der Waals surface area contributed by atoms with E-state index >= 15 is 0 Å². The van der Waals surface area contributed by atoms with Gasteiger partial charge in [0.15, 0.2) is 0 Å². The summed E-state index contributed by atoms with van der Waals surface area (Å²) in [5.74, 6) is 1.52. The summed E-state index contributed by atoms with van der Waals surface area (Å²) >= 11 is 0. The summed E-state index contributed by atoms with van der Waals surface area (Å²) in [5, 5.41) is 6.39. The van der Waals surface area contributed by atoms with Crippen molar-refractivity contribution in [3.8, 4) is 0 Å². The lowest BCUT2D eigenvalue weighted by atomic mass is 9.97. The first-order valence-electron chi connectivity index (χ1n) is 7.09. The fourth-order valence-corrected chi connectivity index (χ4v) is 2.58. The lowest BCUT2D eigenvalue weighted by Crippen LogP contribution is -2.48. The molecule has 1 aliphatic carbocycles. The predicted molar refractivity (Wildman–Crippen MR) is 73.5 cm³/mol. The summed E-state index contributed by atoms with van der Waals surface area (Å²) in [7, 11) is 1.68. The van der Waals surface area contributed by atoms with Crippen molar-refractivity contribution in [2.75, 3.05) is 20.3 Å². The number of amides is 1. The van der Waals surface area contributed by atoms with Crippen LogP contribution in [0.15, 0.2) is 0 Å². The highest BCUT2D eigenvalue weighted by Gasteiger charge is 2.31. The predicted octanol–water partition coefficient (Wildman–Crippen LogP) is 1.55. The second-order valence-electron chi connectivity index (χ2n) is 5.55. The standard InChI is InChI=1S/C14H28N2O2/c1-10-6-7-13(11(10)2)16-12(3)14(17)15-8-5-9-18-4/h10-13,16H,5-9H2,1-4H3,(H,15,17). The fraction of sp³-hybridized carbons (Fsp3) is 0.929. The zero-order valence-electron chi connectivity index (χ0n) is 12.2. The largest absolute Gasteiger partial charge is 0.385 e. The van der Waals surface area contributed by atoms with Gasteiger partial charge in [-0.1, -0.05) is 13.8 Å². The number of carbonyl (C=O) groups is 1. The molecule has 18 heavy (non-hydrogen) atoms. The summed E-state index contributed by atoms with van der Waals surface area (Å²) in [5.41, 5.74) is 0. The molecule has 1 aliphatic rings. The van der Waals surface area contributed by atoms with E-state index in [2.05, 4.69) is 24.5 Å². The van der Waals surface area contributed by atoms with Gasteiger partial charge in [-0.25, -0.2) is 0 Å². The van der Waals surface area contributed by atoms with Crippen LogP contribution in [0.5, 0.6) is 0 Å². The Bertz CT molecular complexity index is 258. The third kappa shape index (κ3) is 4.58. The number of rotatable bonds is 7. The molecule has 1 saturated carbocycles. The van der Waals surface area contributed by atoms with Gasteiger partial charge in [0.05, 0.1) is 6.04 Å². The molecule has 4 nitrogen and oxygen atoms in total. The number of ether oxygens (including phenoxy) is 1. The zero-order chi connectivity index (χ0) is 13.5. The van der Waals surface area contributed by atoms with E-state index < -0.39 is 0 Å². The summed E-state index contributed by atoms with van der Waals surface area (Å²) in [6.07, 6.45) is 3.32. The number of hydrogen-bond acceptors (Lipinski definition) is 3. The van der Waals surface area contributed by atoms with E-state index in [0.717, 1.165) is 12.3 Å². The van der Waals surface area contributed by atoms with Gasteiger partial charge >= 0.3 is 0 Å². The molecular weight excluding hydrogens is 228 g/mol. The average Bonchev–Trinajstić information content (AvgIpc) is 2.66. The van der Waals surface area contributed by atoms with Gasteiger partial charge in [0.25, 0.3) is 0 Å². The molecule has 0 spiro atoms. The minimum atomic E-state index is -0.106. The Hall–Kier alpha value is -0.610. The van der Waals surface area contributed by atoms with Crippen molar-refractivity contribution < 1.29 is 9.53 Å². The van der Waals surface area contributed by atoms with Crippen LogP contribution in [-0.2, 0) is 9.53 Å². The van der Waals surface area contributed by atoms with E-state index in [9.17, 15) is 4.79 Å². The molecule has 1 rings (SSSR count). The van der Waals surface area contributed by atoms with Crippen LogP contribution in [0.25, 0.3) is 0 Å². The Balaban J connectivity index is 2.23. The van der Waals surface area contributed by atoms with Gasteiger partial charge in [-0.05, 0) is 38.0 Å². The van der Waals surface area contributed by atoms with E-state index in [1.807, 2.05) is 6.92 Å². The molecule has 0 heterocycles. The number of methoxy groups -OCH3 is 1. The Morgan fingerprint density at radius 3 is 2.67 bits per heavy atom. The van der Waals surface area contributed by atoms with Gasteiger partial charge in [0.2, 0.25) is 5.91 Å². The van der Waals surface area contributed by atoms with E-state index in [4.69, 9.17) is 4.74 Å². The van der Waals surface area contributed by atoms with Gasteiger partial charge in [-0.2, -0.15) is 0 Å². The molecule has 0 aromatic rings. The third-order valence-corrected chi connectivity index (χ3v) is 4.15. The monoisotopic (exact) mass is 256 g/mol. The van der Waals surface area contributed by atoms with Gasteiger partial charge < -0.3 is 15.4 Å². The number of hydrogen-bond donors (Lipinski definition) is 2. The molecule has 0 aliphatic heterocycles. The summed E-state index contributed by atoms with van der Waals surface area (Å²) in [4.78, 5) is 11.9. The fourth-order valence-electron chi connectivity index (χ4n) is 2.58. The van der Waals surface area contributed by atoms with Crippen molar-refractivity contribution in [3.63, 3.8) is 0 Å². The second kappa shape index (κ2) is 7.74. The highest BCUT2D eigenvalue weighted by Crippen LogP contribution is 2.31. The maximum absolute atomic E-state index is 11.9. The van der Waals surface area contributed by atoms with Gasteiger partial charge in [-0.3, -0.25) is 4.79 Å². The van der Waals surface area contributed by atoms with E-state index in [0.29, 0.717) is 25.1 Å². The third-order valence-electron chi connectivity index (χ3n) is 4.15. The van der Waals surface area contributed by atoms with Crippen molar-refractivity contribution in [2.45, 2.75) is 52.1 Å². The van der Waals surface area contributed by atoms with E-state index in [1.54, 1.807) is 7.11 Å². The molecule has 106 valence electrons. The molecule has 1 amide bonds. The molecule has 0 bridgehead atoms. The maximum atomic E-state index is 11.9. The first-order valence-corrected chi connectivity index (χ1v) is 7.09. The summed E-state index contributed by atoms with van der Waals surface area (Å²) in [6, 6.07) is 0.380. The lowest BCUT2D eigenvalue weighted by molar-refractivity contribution is -0.123. The minimum Gasteiger partial charge on any atom is -0.385 e. The van der Waals surface area contributed by atoms with Crippen molar-refractivity contribution in [2.24, 2.45) is 11.8 Å². The smallest absolute Gasteiger partial charge is 0.236 e. The highest BCUT2D eigenvalue weighted by molar-refractivity contribution is 5.81. The van der Waals surface area contributed by atoms with Crippen molar-refractivity contribution in [1.82, 2.24) is 10.6 Å². The normalized spacial score (nSPS) is 29.2. The van der Waals surface area contributed by atoms with Crippen LogP contribution >= 0.6 is 0 Å². The van der Waals surface area contributed by atoms with Crippen LogP contribution in [0.3, 0.4) is 0 Å². The Morgan fingerprint density at radius 1 is 1.39 bits per heavy atom. The van der Waals surface area contributed by atoms with Crippen LogP contribution in [0.1, 0.15) is 40.0 Å². The second-order valence-corrected chi connectivity index (χ2v) is 5.55. The quantitative estimate of drug-likeness (QED) is 0.680. The first kappa shape index (κ1) is 15.4. The molecule has 0 aromatic heterocycles. The molecule has 0 saturated heterocycles. The molecule has 4 heteroatoms. The van der Waals surface area contributed by atoms with Gasteiger partial charge in [-0.15, -0.1) is 0 Å². The van der Waals surface area contributed by atoms with Gasteiger partial charge in [0.1, 0.15) is 0 Å². The number of carbonyl (C=O) groups excluding carboxylic acids is 1. The SMILES string of the molecule is COCCCNC(=O)C(C)NC1CCC(C)C1C. The maximum Gasteiger partial charge on any atom is 0.236 e. The Morgan fingerprint density at radius 2 is 2.11 bits per heavy atom. The van der Waals surface area contributed by atoms with Crippen LogP contribution in [0.2, 0.25) is 0 Å². The summed E-state index contributed by atoms with van der Waals surface area (Å²) in [6.45, 7) is 7.90. The molecular formula is C14H28N2O2. The molecule has 2 N–H and O–H groups in total. The molecule has 4 unspecified atom stereocenters. The van der Waals surface area contributed by atoms with Crippen LogP contribution < -0.4 is 10.6 Å². The minimum absolute atomic E-state index is 0.0952. The Labute approximate surface area is 111 Å². The average molecular weight is 256 g/mol. The Kier molecular flexibility index (Phi) is 6.65. The lowest BCUT2D eigenvalue weighted by Gasteiger charge is -2.23.